The topological polar surface area (TPSA) is 125 Å². The lowest BCUT2D eigenvalue weighted by Gasteiger charge is -2.09. The van der Waals surface area contributed by atoms with E-state index in [4.69, 9.17) is 37.3 Å². The summed E-state index contributed by atoms with van der Waals surface area (Å²) < 4.78 is 65.7. The number of hydrogen-bond donors (Lipinski definition) is 0. The molecule has 0 N–H and O–H groups in total. The summed E-state index contributed by atoms with van der Waals surface area (Å²) >= 11 is 0. The van der Waals surface area contributed by atoms with Gasteiger partial charge in [0.15, 0.2) is 0 Å². The summed E-state index contributed by atoms with van der Waals surface area (Å²) in [6.07, 6.45) is 0. The Morgan fingerprint density at radius 3 is 1.31 bits per heavy atom. The molecule has 0 aliphatic carbocycles. The molecule has 11 nitrogen and oxygen atoms in total. The molecule has 12 heteroatoms. The summed E-state index contributed by atoms with van der Waals surface area (Å²) in [6.45, 7) is 8.17. The quantitative estimate of drug-likeness (QED) is 0.117. The molecule has 0 unspecified atom stereocenters. The first-order chi connectivity index (χ1) is 16.9. The zero-order valence-electron chi connectivity index (χ0n) is 20.6. The molecule has 0 atom stereocenters. The summed E-state index contributed by atoms with van der Waals surface area (Å²) in [7, 11) is -3.77. The van der Waals surface area contributed by atoms with Gasteiger partial charge in [-0.15, -0.1) is 0 Å². The maximum atomic E-state index is 12.0. The summed E-state index contributed by atoms with van der Waals surface area (Å²) in [5.41, 5.74) is 0.974. The van der Waals surface area contributed by atoms with E-state index in [0.717, 1.165) is 5.56 Å². The Labute approximate surface area is 208 Å². The van der Waals surface area contributed by atoms with E-state index in [1.54, 1.807) is 12.1 Å². The Kier molecular flexibility index (Phi) is 18.4. The lowest BCUT2D eigenvalue weighted by molar-refractivity contribution is -0.142. The molecular formula is C23H38O11S. The molecule has 0 radical (unpaired) electrons. The van der Waals surface area contributed by atoms with Gasteiger partial charge in [0, 0.05) is 6.92 Å². The van der Waals surface area contributed by atoms with Crippen molar-refractivity contribution in [2.75, 3.05) is 92.5 Å². The van der Waals surface area contributed by atoms with Gasteiger partial charge in [-0.3, -0.25) is 8.98 Å². The summed E-state index contributed by atoms with van der Waals surface area (Å²) in [4.78, 5) is 10.7. The van der Waals surface area contributed by atoms with Crippen molar-refractivity contribution in [3.05, 3.63) is 29.8 Å². The van der Waals surface area contributed by atoms with E-state index < -0.39 is 10.1 Å². The maximum absolute atomic E-state index is 12.0. The van der Waals surface area contributed by atoms with Gasteiger partial charge in [-0.1, -0.05) is 17.7 Å². The minimum absolute atomic E-state index is 0.0597. The second-order valence-electron chi connectivity index (χ2n) is 7.10. The van der Waals surface area contributed by atoms with Crippen molar-refractivity contribution in [1.82, 2.24) is 0 Å². The number of rotatable bonds is 23. The molecule has 0 spiro atoms. The molecule has 1 rings (SSSR count). The summed E-state index contributed by atoms with van der Waals surface area (Å²) in [5, 5.41) is 0. The first-order valence-corrected chi connectivity index (χ1v) is 12.9. The van der Waals surface area contributed by atoms with Gasteiger partial charge in [0.2, 0.25) is 0 Å². The molecule has 0 aliphatic rings. The number of aryl methyl sites for hydroxylation is 1. The molecule has 0 saturated heterocycles. The average molecular weight is 523 g/mol. The molecule has 1 aromatic carbocycles. The SMILES string of the molecule is CC(=O)OCCOCCOCCOCCOCCOCCOCCOS(=O)(=O)c1ccc(C)cc1. The number of benzene rings is 1. The van der Waals surface area contributed by atoms with Gasteiger partial charge in [-0.05, 0) is 19.1 Å². The number of ether oxygens (including phenoxy) is 7. The van der Waals surface area contributed by atoms with Gasteiger partial charge < -0.3 is 33.2 Å². The highest BCUT2D eigenvalue weighted by Gasteiger charge is 2.14. The van der Waals surface area contributed by atoms with Crippen LogP contribution in [0.25, 0.3) is 0 Å². The average Bonchev–Trinajstić information content (AvgIpc) is 2.82. The maximum Gasteiger partial charge on any atom is 0.302 e. The largest absolute Gasteiger partial charge is 0.463 e. The molecule has 1 aromatic rings. The molecule has 202 valence electrons. The smallest absolute Gasteiger partial charge is 0.302 e. The van der Waals surface area contributed by atoms with Crippen LogP contribution in [0.15, 0.2) is 29.2 Å². The lowest BCUT2D eigenvalue weighted by atomic mass is 10.2. The van der Waals surface area contributed by atoms with Crippen LogP contribution in [0.2, 0.25) is 0 Å². The summed E-state index contributed by atoms with van der Waals surface area (Å²) in [5.74, 6) is -0.321. The van der Waals surface area contributed by atoms with E-state index in [1.165, 1.54) is 19.1 Å². The lowest BCUT2D eigenvalue weighted by Crippen LogP contribution is -2.15. The molecule has 0 aliphatic heterocycles. The van der Waals surface area contributed by atoms with Crippen molar-refractivity contribution in [3.63, 3.8) is 0 Å². The van der Waals surface area contributed by atoms with Crippen molar-refractivity contribution in [1.29, 1.82) is 0 Å². The minimum atomic E-state index is -3.77. The van der Waals surface area contributed by atoms with E-state index >= 15 is 0 Å². The molecule has 35 heavy (non-hydrogen) atoms. The zero-order valence-corrected chi connectivity index (χ0v) is 21.4. The van der Waals surface area contributed by atoms with E-state index in [2.05, 4.69) is 0 Å². The van der Waals surface area contributed by atoms with Crippen LogP contribution in [-0.4, -0.2) is 107 Å². The fourth-order valence-electron chi connectivity index (χ4n) is 2.42. The van der Waals surface area contributed by atoms with E-state index in [1.807, 2.05) is 6.92 Å². The molecular weight excluding hydrogens is 484 g/mol. The van der Waals surface area contributed by atoms with Gasteiger partial charge >= 0.3 is 5.97 Å². The predicted octanol–water partition coefficient (Wildman–Crippen LogP) is 1.36. The zero-order chi connectivity index (χ0) is 25.6. The van der Waals surface area contributed by atoms with Crippen molar-refractivity contribution in [2.45, 2.75) is 18.7 Å². The Morgan fingerprint density at radius 2 is 0.943 bits per heavy atom. The van der Waals surface area contributed by atoms with Crippen LogP contribution in [-0.2, 0) is 52.3 Å². The van der Waals surface area contributed by atoms with E-state index in [9.17, 15) is 13.2 Å². The molecule has 0 bridgehead atoms. The van der Waals surface area contributed by atoms with Crippen molar-refractivity contribution < 1.29 is 50.6 Å². The second-order valence-corrected chi connectivity index (χ2v) is 8.72. The third kappa shape index (κ3) is 18.3. The van der Waals surface area contributed by atoms with Gasteiger partial charge in [-0.25, -0.2) is 0 Å². The fraction of sp³-hybridized carbons (Fsp3) is 0.696. The van der Waals surface area contributed by atoms with Crippen molar-refractivity contribution >= 4 is 16.1 Å². The van der Waals surface area contributed by atoms with Crippen molar-refractivity contribution in [3.8, 4) is 0 Å². The van der Waals surface area contributed by atoms with Gasteiger partial charge in [-0.2, -0.15) is 8.42 Å². The molecule has 0 heterocycles. The third-order valence-corrected chi connectivity index (χ3v) is 5.50. The fourth-order valence-corrected chi connectivity index (χ4v) is 3.31. The highest BCUT2D eigenvalue weighted by atomic mass is 32.2. The number of carbonyl (C=O) groups is 1. The van der Waals surface area contributed by atoms with Crippen LogP contribution in [0, 0.1) is 6.92 Å². The van der Waals surface area contributed by atoms with Gasteiger partial charge in [0.05, 0.1) is 90.8 Å². The molecule has 0 aromatic heterocycles. The van der Waals surface area contributed by atoms with Crippen LogP contribution in [0.1, 0.15) is 12.5 Å². The molecule has 0 amide bonds. The monoisotopic (exact) mass is 522 g/mol. The normalized spacial score (nSPS) is 11.6. The summed E-state index contributed by atoms with van der Waals surface area (Å²) in [6, 6.07) is 6.46. The highest BCUT2D eigenvalue weighted by Crippen LogP contribution is 2.12. The van der Waals surface area contributed by atoms with Crippen LogP contribution in [0.5, 0.6) is 0 Å². The standard InChI is InChI=1S/C23H38O11S/c1-21-3-5-23(6-4-21)35(25,26)34-20-18-32-16-14-30-12-10-28-8-7-27-9-11-29-13-15-31-17-19-33-22(2)24/h3-6H,7-20H2,1-2H3. The molecule has 0 fully saturated rings. The Hall–Kier alpha value is -1.64. The first-order valence-electron chi connectivity index (χ1n) is 11.5. The first kappa shape index (κ1) is 31.4. The van der Waals surface area contributed by atoms with Crippen LogP contribution in [0.3, 0.4) is 0 Å². The van der Waals surface area contributed by atoms with Crippen LogP contribution >= 0.6 is 0 Å². The molecule has 0 saturated carbocycles. The van der Waals surface area contributed by atoms with E-state index in [-0.39, 0.29) is 30.7 Å². The van der Waals surface area contributed by atoms with E-state index in [0.29, 0.717) is 72.7 Å². The Balaban J connectivity index is 1.77. The van der Waals surface area contributed by atoms with Gasteiger partial charge in [0.25, 0.3) is 10.1 Å². The minimum Gasteiger partial charge on any atom is -0.463 e. The third-order valence-electron chi connectivity index (χ3n) is 4.17. The van der Waals surface area contributed by atoms with Gasteiger partial charge in [0.1, 0.15) is 6.61 Å². The second kappa shape index (κ2) is 20.5. The predicted molar refractivity (Wildman–Crippen MR) is 126 cm³/mol. The van der Waals surface area contributed by atoms with Crippen LogP contribution < -0.4 is 0 Å². The van der Waals surface area contributed by atoms with Crippen LogP contribution in [0.4, 0.5) is 0 Å². The number of esters is 1. The van der Waals surface area contributed by atoms with Crippen molar-refractivity contribution in [2.24, 2.45) is 0 Å². The number of carbonyl (C=O) groups excluding carboxylic acids is 1. The Morgan fingerprint density at radius 1 is 0.600 bits per heavy atom. The Bertz CT molecular complexity index is 753. The number of hydrogen-bond acceptors (Lipinski definition) is 11. The highest BCUT2D eigenvalue weighted by molar-refractivity contribution is 7.86.